The molecule has 0 unspecified atom stereocenters. The molecule has 17 nitrogen and oxygen atoms in total. The Labute approximate surface area is 334 Å². The summed E-state index contributed by atoms with van der Waals surface area (Å²) in [5, 5.41) is 14.3. The van der Waals surface area contributed by atoms with Crippen LogP contribution in [0.5, 0.6) is 11.5 Å². The standard InChI is InChI=1S/C40H31ClN6O11/c1-3-53-31-19-28-26(36(23(20-42)21-44-28)45-24-8-9-30(27(41)17-24)54-22-25-7-4-5-15-43-25)18-29(31)47-39(52)37-38(56-33(49)11-10-32(48)55-37)40(14-6-16-46(40)2)57-34(50)12-13-35(51)58-47/h4-5,7-13,15,17-19,21H,3,6,14,16,22H2,1-2H3,(H,44,45)/b11-10-,13-12-,38-37+/t40-/m1/s1. The minimum atomic E-state index is -1.94. The lowest BCUT2D eigenvalue weighted by Crippen LogP contribution is -2.50. The van der Waals surface area contributed by atoms with Gasteiger partial charge in [-0.2, -0.15) is 5.26 Å². The molecule has 0 saturated carbocycles. The lowest BCUT2D eigenvalue weighted by Gasteiger charge is -2.36. The number of esters is 3. The molecule has 5 heterocycles. The normalized spacial score (nSPS) is 21.0. The van der Waals surface area contributed by atoms with Gasteiger partial charge in [-0.25, -0.2) is 19.2 Å². The van der Waals surface area contributed by atoms with Gasteiger partial charge in [0.05, 0.1) is 34.1 Å². The molecule has 18 heteroatoms. The fourth-order valence-electron chi connectivity index (χ4n) is 6.37. The first-order valence-corrected chi connectivity index (χ1v) is 18.0. The highest BCUT2D eigenvalue weighted by atomic mass is 35.5. The van der Waals surface area contributed by atoms with Crippen LogP contribution >= 0.6 is 11.6 Å². The molecular weight excluding hydrogens is 776 g/mol. The van der Waals surface area contributed by atoms with Crippen molar-refractivity contribution in [3.8, 4) is 17.6 Å². The molecule has 1 atom stereocenters. The van der Waals surface area contributed by atoms with Crippen molar-refractivity contribution in [2.24, 2.45) is 0 Å². The second-order valence-electron chi connectivity index (χ2n) is 12.7. The zero-order valence-corrected chi connectivity index (χ0v) is 31.5. The van der Waals surface area contributed by atoms with E-state index in [1.54, 1.807) is 44.4 Å². The number of benzene rings is 2. The molecule has 1 fully saturated rings. The Bertz CT molecular complexity index is 2500. The topological polar surface area (TPSA) is 209 Å². The maximum absolute atomic E-state index is 14.9. The van der Waals surface area contributed by atoms with Crippen LogP contribution in [0.2, 0.25) is 5.02 Å². The van der Waals surface area contributed by atoms with E-state index < -0.39 is 47.0 Å². The number of ether oxygens (including phenoxy) is 5. The summed E-state index contributed by atoms with van der Waals surface area (Å²) in [6.07, 6.45) is 6.39. The average molecular weight is 807 g/mol. The number of anilines is 3. The Hall–Kier alpha value is -7.29. The monoisotopic (exact) mass is 806 g/mol. The number of fused-ring (bicyclic) bond motifs is 2. The number of nitrogens with zero attached hydrogens (tertiary/aromatic N) is 5. The van der Waals surface area contributed by atoms with Crippen LogP contribution < -0.4 is 19.9 Å². The molecule has 58 heavy (non-hydrogen) atoms. The molecule has 3 aliphatic heterocycles. The van der Waals surface area contributed by atoms with E-state index in [2.05, 4.69) is 21.4 Å². The highest BCUT2D eigenvalue weighted by Crippen LogP contribution is 2.43. The van der Waals surface area contributed by atoms with Crippen LogP contribution in [0.4, 0.5) is 17.1 Å². The van der Waals surface area contributed by atoms with Gasteiger partial charge < -0.3 is 33.8 Å². The molecular formula is C40H31ClN6O11. The molecule has 4 aromatic rings. The van der Waals surface area contributed by atoms with Gasteiger partial charge in [0.2, 0.25) is 17.2 Å². The minimum absolute atomic E-state index is 0.00228. The zero-order chi connectivity index (χ0) is 41.0. The van der Waals surface area contributed by atoms with E-state index in [1.807, 2.05) is 12.1 Å². The molecule has 7 rings (SSSR count). The zero-order valence-electron chi connectivity index (χ0n) is 30.7. The number of hydrogen-bond donors (Lipinski definition) is 1. The SMILES string of the molecule is CCOc1cc2ncc(C#N)c(Nc3ccc(OCc4ccccn4)c(Cl)c3)c2cc1N1OC(=O)/C=C\C(=O)O[C@]2(CCCN2C)/C2=C(\OC(=O)/C=C\C(=O)O2)C1=O. The molecule has 2 aromatic heterocycles. The van der Waals surface area contributed by atoms with Crippen molar-refractivity contribution < 1.29 is 52.5 Å². The van der Waals surface area contributed by atoms with Crippen LogP contribution in [0, 0.1) is 11.3 Å². The van der Waals surface area contributed by atoms with Gasteiger partial charge in [0, 0.05) is 66.8 Å². The molecule has 1 amide bonds. The van der Waals surface area contributed by atoms with E-state index in [4.69, 9.17) is 40.1 Å². The predicted molar refractivity (Wildman–Crippen MR) is 203 cm³/mol. The quantitative estimate of drug-likeness (QED) is 0.182. The number of carbonyl (C=O) groups is 5. The smallest absolute Gasteiger partial charge is 0.356 e. The third-order valence-electron chi connectivity index (χ3n) is 9.02. The summed E-state index contributed by atoms with van der Waals surface area (Å²) in [4.78, 5) is 83.0. The summed E-state index contributed by atoms with van der Waals surface area (Å²) >= 11 is 6.61. The summed E-state index contributed by atoms with van der Waals surface area (Å²) < 4.78 is 28.6. The van der Waals surface area contributed by atoms with Crippen molar-refractivity contribution in [1.29, 1.82) is 5.26 Å². The summed E-state index contributed by atoms with van der Waals surface area (Å²) in [5.41, 5.74) is -0.526. The number of carbonyl (C=O) groups excluding carboxylic acids is 5. The summed E-state index contributed by atoms with van der Waals surface area (Å²) in [6.45, 7) is 2.18. The lowest BCUT2D eigenvalue weighted by molar-refractivity contribution is -0.175. The fraction of sp³-hybridized carbons (Fsp3) is 0.200. The number of nitrogens with one attached hydrogen (secondary N) is 1. The first-order valence-electron chi connectivity index (χ1n) is 17.6. The van der Waals surface area contributed by atoms with Gasteiger partial charge in [-0.3, -0.25) is 19.7 Å². The van der Waals surface area contributed by atoms with Crippen LogP contribution in [0.15, 0.2) is 96.7 Å². The molecule has 0 radical (unpaired) electrons. The van der Waals surface area contributed by atoms with Crippen LogP contribution in [0.3, 0.4) is 0 Å². The van der Waals surface area contributed by atoms with Crippen molar-refractivity contribution in [2.45, 2.75) is 32.1 Å². The van der Waals surface area contributed by atoms with Crippen molar-refractivity contribution in [3.63, 3.8) is 0 Å². The lowest BCUT2D eigenvalue weighted by atomic mass is 10.1. The van der Waals surface area contributed by atoms with Gasteiger partial charge in [-0.15, -0.1) is 5.06 Å². The minimum Gasteiger partial charge on any atom is -0.491 e. The Morgan fingerprint density at radius 3 is 2.41 bits per heavy atom. The second kappa shape index (κ2) is 16.4. The first kappa shape index (κ1) is 39.0. The molecule has 2 aromatic carbocycles. The van der Waals surface area contributed by atoms with Gasteiger partial charge >= 0.3 is 29.8 Å². The number of rotatable bonds is 8. The van der Waals surface area contributed by atoms with Crippen molar-refractivity contribution in [3.05, 3.63) is 113 Å². The molecule has 294 valence electrons. The van der Waals surface area contributed by atoms with Crippen LogP contribution in [0.1, 0.15) is 31.0 Å². The van der Waals surface area contributed by atoms with Crippen molar-refractivity contribution >= 4 is 69.4 Å². The number of hydrogen-bond acceptors (Lipinski definition) is 16. The van der Waals surface area contributed by atoms with Gasteiger partial charge in [-0.1, -0.05) is 17.7 Å². The predicted octanol–water partition coefficient (Wildman–Crippen LogP) is 5.07. The Balaban J connectivity index is 1.37. The van der Waals surface area contributed by atoms with Crippen LogP contribution in [0.25, 0.3) is 10.9 Å². The molecule has 1 spiro atoms. The molecule has 1 N–H and O–H groups in total. The van der Waals surface area contributed by atoms with Crippen LogP contribution in [-0.2, 0) is 49.6 Å². The van der Waals surface area contributed by atoms with E-state index in [9.17, 15) is 29.2 Å². The van der Waals surface area contributed by atoms with E-state index in [-0.39, 0.29) is 58.2 Å². The Morgan fingerprint density at radius 2 is 1.71 bits per heavy atom. The van der Waals surface area contributed by atoms with Crippen molar-refractivity contribution in [1.82, 2.24) is 14.9 Å². The highest BCUT2D eigenvalue weighted by Gasteiger charge is 2.53. The van der Waals surface area contributed by atoms with E-state index in [0.717, 1.165) is 24.3 Å². The number of likely N-dealkylation sites (N-methyl/N-ethyl adjacent to an activating group) is 1. The number of hydroxylamine groups is 1. The first-order chi connectivity index (χ1) is 28.0. The molecule has 3 aliphatic rings. The van der Waals surface area contributed by atoms with Gasteiger partial charge in [0.15, 0.2) is 0 Å². The van der Waals surface area contributed by atoms with Gasteiger partial charge in [0.1, 0.15) is 29.9 Å². The molecule has 0 bridgehead atoms. The molecule has 0 aliphatic carbocycles. The highest BCUT2D eigenvalue weighted by molar-refractivity contribution is 6.32. The average Bonchev–Trinajstić information content (AvgIpc) is 3.57. The number of pyridine rings is 2. The number of amides is 1. The Morgan fingerprint density at radius 1 is 0.931 bits per heavy atom. The second-order valence-corrected chi connectivity index (χ2v) is 13.1. The van der Waals surface area contributed by atoms with E-state index in [0.29, 0.717) is 35.2 Å². The third kappa shape index (κ3) is 7.87. The van der Waals surface area contributed by atoms with Gasteiger partial charge in [-0.05, 0) is 56.8 Å². The summed E-state index contributed by atoms with van der Waals surface area (Å²) in [5.74, 6) is -7.11. The summed E-state index contributed by atoms with van der Waals surface area (Å²) in [7, 11) is 1.54. The van der Waals surface area contributed by atoms with E-state index >= 15 is 0 Å². The van der Waals surface area contributed by atoms with Crippen molar-refractivity contribution in [2.75, 3.05) is 30.6 Å². The maximum Gasteiger partial charge on any atom is 0.356 e. The Kier molecular flexibility index (Phi) is 11.0. The van der Waals surface area contributed by atoms with E-state index in [1.165, 1.54) is 23.2 Å². The fourth-order valence-corrected chi connectivity index (χ4v) is 6.60. The maximum atomic E-state index is 14.9. The number of halogens is 1. The van der Waals surface area contributed by atoms with Gasteiger partial charge in [0.25, 0.3) is 0 Å². The largest absolute Gasteiger partial charge is 0.491 e. The molecule has 1 saturated heterocycles. The number of aromatic nitrogens is 2. The number of likely N-dealkylation sites (tertiary alicyclic amines) is 1. The summed E-state index contributed by atoms with van der Waals surface area (Å²) in [6, 6.07) is 15.2. The number of nitriles is 1. The third-order valence-corrected chi connectivity index (χ3v) is 9.32. The van der Waals surface area contributed by atoms with Crippen LogP contribution in [-0.4, -0.2) is 70.6 Å².